The van der Waals surface area contributed by atoms with E-state index in [4.69, 9.17) is 22.8 Å². The Morgan fingerprint density at radius 1 is 1.30 bits per heavy atom. The van der Waals surface area contributed by atoms with Gasteiger partial charge < -0.3 is 15.4 Å². The number of benzene rings is 1. The summed E-state index contributed by atoms with van der Waals surface area (Å²) in [5, 5.41) is 4.86. The standard InChI is InChI=1S/C17H19ClN2O6S/c1-3-9-19-15(21)11-26-17(23)14(8-10-27(2,24)25)20-16(22)12-6-4-5-7-13(12)18/h1,4-7,14H,8-11H2,2H3,(H,19,21)(H,20,22)/t14-/m0/s1. The number of hydrogen-bond donors (Lipinski definition) is 2. The van der Waals surface area contributed by atoms with Gasteiger partial charge in [0.2, 0.25) is 0 Å². The van der Waals surface area contributed by atoms with Crippen molar-refractivity contribution in [2.75, 3.05) is 25.2 Å². The fraction of sp³-hybridized carbons (Fsp3) is 0.353. The third-order valence-electron chi connectivity index (χ3n) is 3.22. The predicted octanol–water partition coefficient (Wildman–Crippen LogP) is 0.166. The molecule has 0 aliphatic heterocycles. The molecule has 0 aliphatic carbocycles. The average Bonchev–Trinajstić information content (AvgIpc) is 2.60. The van der Waals surface area contributed by atoms with E-state index >= 15 is 0 Å². The lowest BCUT2D eigenvalue weighted by molar-refractivity contribution is -0.150. The highest BCUT2D eigenvalue weighted by Crippen LogP contribution is 2.15. The van der Waals surface area contributed by atoms with Crippen molar-refractivity contribution in [1.29, 1.82) is 0 Å². The van der Waals surface area contributed by atoms with E-state index in [0.29, 0.717) is 0 Å². The quantitative estimate of drug-likeness (QED) is 0.439. The van der Waals surface area contributed by atoms with Crippen LogP contribution in [-0.2, 0) is 24.2 Å². The van der Waals surface area contributed by atoms with E-state index in [1.807, 2.05) is 0 Å². The summed E-state index contributed by atoms with van der Waals surface area (Å²) < 4.78 is 27.6. The molecule has 1 rings (SSSR count). The monoisotopic (exact) mass is 414 g/mol. The zero-order chi connectivity index (χ0) is 20.4. The summed E-state index contributed by atoms with van der Waals surface area (Å²) in [5.74, 6) is -0.422. The Morgan fingerprint density at radius 2 is 1.96 bits per heavy atom. The van der Waals surface area contributed by atoms with Crippen molar-refractivity contribution in [1.82, 2.24) is 10.6 Å². The molecular formula is C17H19ClN2O6S. The van der Waals surface area contributed by atoms with E-state index in [0.717, 1.165) is 6.26 Å². The van der Waals surface area contributed by atoms with Gasteiger partial charge in [-0.05, 0) is 18.6 Å². The van der Waals surface area contributed by atoms with E-state index in [-0.39, 0.29) is 29.3 Å². The number of ether oxygens (including phenoxy) is 1. The molecule has 0 aliphatic rings. The van der Waals surface area contributed by atoms with Crippen molar-refractivity contribution in [2.45, 2.75) is 12.5 Å². The van der Waals surface area contributed by atoms with Crippen LogP contribution in [0.4, 0.5) is 0 Å². The highest BCUT2D eigenvalue weighted by molar-refractivity contribution is 7.90. The lowest BCUT2D eigenvalue weighted by atomic mass is 10.1. The maximum atomic E-state index is 12.3. The van der Waals surface area contributed by atoms with Gasteiger partial charge in [-0.2, -0.15) is 0 Å². The Labute approximate surface area is 162 Å². The van der Waals surface area contributed by atoms with Crippen molar-refractivity contribution in [3.05, 3.63) is 34.9 Å². The van der Waals surface area contributed by atoms with Gasteiger partial charge in [-0.15, -0.1) is 6.42 Å². The molecular weight excluding hydrogens is 396 g/mol. The first-order chi connectivity index (χ1) is 12.6. The molecule has 0 aromatic heterocycles. The third kappa shape index (κ3) is 8.57. The summed E-state index contributed by atoms with van der Waals surface area (Å²) in [6.07, 6.45) is 5.77. The average molecular weight is 415 g/mol. The summed E-state index contributed by atoms with van der Waals surface area (Å²) >= 11 is 5.94. The van der Waals surface area contributed by atoms with Crippen LogP contribution in [0.1, 0.15) is 16.8 Å². The SMILES string of the molecule is C#CCNC(=O)COC(=O)[C@H](CCS(C)(=O)=O)NC(=O)c1ccccc1Cl. The number of sulfone groups is 1. The zero-order valence-corrected chi connectivity index (χ0v) is 16.1. The number of halogens is 1. The van der Waals surface area contributed by atoms with Crippen LogP contribution < -0.4 is 10.6 Å². The number of amides is 2. The van der Waals surface area contributed by atoms with Crippen molar-refractivity contribution in [3.8, 4) is 12.3 Å². The molecule has 10 heteroatoms. The first-order valence-electron chi connectivity index (χ1n) is 7.74. The van der Waals surface area contributed by atoms with E-state index in [9.17, 15) is 22.8 Å². The molecule has 1 aromatic rings. The molecule has 0 heterocycles. The number of esters is 1. The van der Waals surface area contributed by atoms with Crippen LogP contribution in [0.2, 0.25) is 5.02 Å². The van der Waals surface area contributed by atoms with Crippen LogP contribution in [0, 0.1) is 12.3 Å². The second kappa shape index (κ2) is 10.5. The molecule has 0 spiro atoms. The Morgan fingerprint density at radius 3 is 2.56 bits per heavy atom. The topological polar surface area (TPSA) is 119 Å². The van der Waals surface area contributed by atoms with Crippen molar-refractivity contribution in [2.24, 2.45) is 0 Å². The van der Waals surface area contributed by atoms with Gasteiger partial charge in [0.1, 0.15) is 15.9 Å². The van der Waals surface area contributed by atoms with Crippen LogP contribution in [0.25, 0.3) is 0 Å². The lowest BCUT2D eigenvalue weighted by Gasteiger charge is -2.17. The Kier molecular flexibility index (Phi) is 8.78. The van der Waals surface area contributed by atoms with Gasteiger partial charge in [0.25, 0.3) is 11.8 Å². The molecule has 0 saturated carbocycles. The lowest BCUT2D eigenvalue weighted by Crippen LogP contribution is -2.44. The number of carbonyl (C=O) groups is 3. The molecule has 0 bridgehead atoms. The number of carbonyl (C=O) groups excluding carboxylic acids is 3. The van der Waals surface area contributed by atoms with Gasteiger partial charge in [0.15, 0.2) is 6.61 Å². The predicted molar refractivity (Wildman–Crippen MR) is 99.8 cm³/mol. The van der Waals surface area contributed by atoms with Crippen LogP contribution in [0.3, 0.4) is 0 Å². The molecule has 8 nitrogen and oxygen atoms in total. The highest BCUT2D eigenvalue weighted by atomic mass is 35.5. The number of terminal acetylenes is 1. The van der Waals surface area contributed by atoms with Crippen molar-refractivity contribution < 1.29 is 27.5 Å². The van der Waals surface area contributed by atoms with Gasteiger partial charge in [-0.3, -0.25) is 9.59 Å². The minimum atomic E-state index is -3.39. The second-order valence-electron chi connectivity index (χ2n) is 5.51. The number of hydrogen-bond acceptors (Lipinski definition) is 6. The summed E-state index contributed by atoms with van der Waals surface area (Å²) in [6, 6.07) is 4.88. The van der Waals surface area contributed by atoms with E-state index in [2.05, 4.69) is 16.6 Å². The van der Waals surface area contributed by atoms with E-state index in [1.54, 1.807) is 12.1 Å². The molecule has 2 N–H and O–H groups in total. The van der Waals surface area contributed by atoms with Gasteiger partial charge in [0.05, 0.1) is 22.9 Å². The summed E-state index contributed by atoms with van der Waals surface area (Å²) in [5.41, 5.74) is 0.114. The Hall–Kier alpha value is -2.57. The highest BCUT2D eigenvalue weighted by Gasteiger charge is 2.25. The largest absolute Gasteiger partial charge is 0.454 e. The molecule has 0 fully saturated rings. The summed E-state index contributed by atoms with van der Waals surface area (Å²) in [4.78, 5) is 36.0. The first kappa shape index (κ1) is 22.5. The molecule has 1 atom stereocenters. The fourth-order valence-corrected chi connectivity index (χ4v) is 2.79. The maximum Gasteiger partial charge on any atom is 0.329 e. The van der Waals surface area contributed by atoms with Crippen LogP contribution in [0.15, 0.2) is 24.3 Å². The van der Waals surface area contributed by atoms with Gasteiger partial charge in [0, 0.05) is 6.26 Å². The smallest absolute Gasteiger partial charge is 0.329 e. The van der Waals surface area contributed by atoms with Crippen molar-refractivity contribution >= 4 is 39.2 Å². The fourth-order valence-electron chi connectivity index (χ4n) is 1.90. The van der Waals surface area contributed by atoms with Crippen molar-refractivity contribution in [3.63, 3.8) is 0 Å². The van der Waals surface area contributed by atoms with E-state index < -0.39 is 40.3 Å². The third-order valence-corrected chi connectivity index (χ3v) is 4.53. The first-order valence-corrected chi connectivity index (χ1v) is 10.2. The minimum Gasteiger partial charge on any atom is -0.454 e. The maximum absolute atomic E-state index is 12.3. The Bertz CT molecular complexity index is 847. The number of rotatable bonds is 9. The van der Waals surface area contributed by atoms with Gasteiger partial charge >= 0.3 is 5.97 Å². The summed E-state index contributed by atoms with van der Waals surface area (Å²) in [6.45, 7) is -0.644. The van der Waals surface area contributed by atoms with Crippen LogP contribution in [-0.4, -0.2) is 57.4 Å². The van der Waals surface area contributed by atoms with Gasteiger partial charge in [-0.25, -0.2) is 13.2 Å². The number of nitrogens with one attached hydrogen (secondary N) is 2. The molecule has 2 amide bonds. The molecule has 0 saturated heterocycles. The zero-order valence-electron chi connectivity index (χ0n) is 14.5. The van der Waals surface area contributed by atoms with Crippen LogP contribution in [0.5, 0.6) is 0 Å². The second-order valence-corrected chi connectivity index (χ2v) is 8.18. The van der Waals surface area contributed by atoms with E-state index in [1.165, 1.54) is 12.1 Å². The Balaban J connectivity index is 2.81. The normalized spacial score (nSPS) is 11.7. The van der Waals surface area contributed by atoms with Crippen LogP contribution >= 0.6 is 11.6 Å². The minimum absolute atomic E-state index is 0.0306. The summed E-state index contributed by atoms with van der Waals surface area (Å²) in [7, 11) is -3.39. The molecule has 27 heavy (non-hydrogen) atoms. The molecule has 0 unspecified atom stereocenters. The molecule has 0 radical (unpaired) electrons. The molecule has 1 aromatic carbocycles. The van der Waals surface area contributed by atoms with Gasteiger partial charge in [-0.1, -0.05) is 29.7 Å². The molecule has 146 valence electrons.